The molecule has 4 heteroatoms. The maximum absolute atomic E-state index is 4.93. The minimum atomic E-state index is -1.50. The zero-order valence-corrected chi connectivity index (χ0v) is 18.0. The summed E-state index contributed by atoms with van der Waals surface area (Å²) in [7, 11) is 8.36. The zero-order chi connectivity index (χ0) is 15.5. The summed E-state index contributed by atoms with van der Waals surface area (Å²) < 4.78 is 0. The molecule has 0 spiro atoms. The predicted octanol–water partition coefficient (Wildman–Crippen LogP) is 5.52. The van der Waals surface area contributed by atoms with Crippen LogP contribution in [-0.2, 0) is 20.8 Å². The van der Waals surface area contributed by atoms with Gasteiger partial charge in [-0.15, -0.1) is 0 Å². The predicted molar refractivity (Wildman–Crippen MR) is 88.5 cm³/mol. The second-order valence-corrected chi connectivity index (χ2v) is 14.0. The molecule has 0 aliphatic heterocycles. The Hall–Kier alpha value is 1.68. The molecule has 2 aliphatic rings. The van der Waals surface area contributed by atoms with Crippen LogP contribution in [0.1, 0.15) is 27.7 Å². The molecule has 10 radical (unpaired) electrons. The molecule has 0 aromatic heterocycles. The average molecular weight is 405 g/mol. The Morgan fingerprint density at radius 2 is 1.05 bits per heavy atom. The van der Waals surface area contributed by atoms with E-state index >= 15 is 0 Å². The summed E-state index contributed by atoms with van der Waals surface area (Å²) in [6, 6.07) is 0. The van der Waals surface area contributed by atoms with Gasteiger partial charge in [-0.1, -0.05) is 40.8 Å². The van der Waals surface area contributed by atoms with E-state index in [9.17, 15) is 0 Å². The van der Waals surface area contributed by atoms with Crippen LogP contribution in [0.3, 0.4) is 0 Å². The first-order valence-electron chi connectivity index (χ1n) is 6.69. The zero-order valence-electron chi connectivity index (χ0n) is 13.1. The van der Waals surface area contributed by atoms with Gasteiger partial charge in [0.1, 0.15) is 0 Å². The molecule has 0 N–H and O–H groups in total. The van der Waals surface area contributed by atoms with Crippen molar-refractivity contribution < 1.29 is 20.8 Å². The van der Waals surface area contributed by atoms with Crippen LogP contribution >= 0.6 is 17.0 Å². The van der Waals surface area contributed by atoms with E-state index in [0.717, 1.165) is 0 Å². The minimum absolute atomic E-state index is 0.826. The first-order valence-corrected chi connectivity index (χ1v) is 16.0. The fourth-order valence-electron chi connectivity index (χ4n) is 3.10. The van der Waals surface area contributed by atoms with E-state index in [1.54, 1.807) is 11.1 Å². The molecule has 0 aromatic rings. The summed E-state index contributed by atoms with van der Waals surface area (Å²) in [6.07, 6.45) is 9.41. The van der Waals surface area contributed by atoms with E-state index < -0.39 is 28.9 Å². The van der Waals surface area contributed by atoms with Gasteiger partial charge < -0.3 is 0 Å². The van der Waals surface area contributed by atoms with Crippen LogP contribution in [0, 0.1) is 60.4 Å². The van der Waals surface area contributed by atoms with Crippen LogP contribution in [0.2, 0.25) is 13.1 Å². The van der Waals surface area contributed by atoms with Crippen LogP contribution in [0.25, 0.3) is 0 Å². The van der Waals surface area contributed by atoms with Gasteiger partial charge in [-0.2, -0.15) is 0 Å². The fraction of sp³-hybridized carbons (Fsp3) is 0.375. The Morgan fingerprint density at radius 1 is 0.750 bits per heavy atom. The molecule has 0 amide bonds. The Labute approximate surface area is 146 Å². The number of hydrogen-bond acceptors (Lipinski definition) is 0. The van der Waals surface area contributed by atoms with Crippen molar-refractivity contribution in [2.24, 2.45) is 0 Å². The Kier molecular flexibility index (Phi) is 8.39. The molecule has 0 bridgehead atoms. The van der Waals surface area contributed by atoms with Gasteiger partial charge in [-0.05, 0) is 60.4 Å². The number of hydrogen-bond donors (Lipinski definition) is 0. The van der Waals surface area contributed by atoms with Crippen molar-refractivity contribution in [1.82, 2.24) is 0 Å². The molecule has 2 saturated carbocycles. The number of halogens is 2. The van der Waals surface area contributed by atoms with Crippen molar-refractivity contribution in [2.45, 2.75) is 40.8 Å². The first kappa shape index (κ1) is 19.7. The molecule has 2 fully saturated rings. The molecule has 2 rings (SSSR count). The molecule has 0 atom stereocenters. The van der Waals surface area contributed by atoms with Gasteiger partial charge in [0.25, 0.3) is 0 Å². The van der Waals surface area contributed by atoms with E-state index in [0.29, 0.717) is 0 Å². The third-order valence-electron chi connectivity index (χ3n) is 3.83. The van der Waals surface area contributed by atoms with Gasteiger partial charge >= 0.3 is 37.9 Å². The van der Waals surface area contributed by atoms with Crippen molar-refractivity contribution >= 4 is 25.1 Å². The average Bonchev–Trinajstić information content (AvgIpc) is 2.83. The van der Waals surface area contributed by atoms with Crippen LogP contribution in [0.5, 0.6) is 0 Å². The van der Waals surface area contributed by atoms with E-state index in [2.05, 4.69) is 66.5 Å². The Morgan fingerprint density at radius 3 is 1.25 bits per heavy atom. The molecule has 0 unspecified atom stereocenters. The molecule has 0 nitrogen and oxygen atoms in total. The second kappa shape index (κ2) is 8.51. The van der Waals surface area contributed by atoms with Gasteiger partial charge in [0.2, 0.25) is 0 Å². The van der Waals surface area contributed by atoms with E-state index in [-0.39, 0.29) is 0 Å². The Bertz CT molecular complexity index is 272. The van der Waals surface area contributed by atoms with Gasteiger partial charge in [-0.25, -0.2) is 0 Å². The molecule has 2 aliphatic carbocycles. The van der Waals surface area contributed by atoms with Gasteiger partial charge in [0.15, 0.2) is 0 Å². The summed E-state index contributed by atoms with van der Waals surface area (Å²) >= 11 is -0.826. The standard InChI is InChI=1S/C16H22Si.2ClH.Zr/c1-11-7-13(3)15(9-11)17(5,6)16-10-12(2)8-14(16)4;;;/h7-10H,1-6H3;2*1H;/q;;;+2/p-2. The number of rotatable bonds is 2. The maximum atomic E-state index is 4.93. The molecular weight excluding hydrogens is 382 g/mol. The van der Waals surface area contributed by atoms with Crippen molar-refractivity contribution in [3.63, 3.8) is 0 Å². The van der Waals surface area contributed by atoms with E-state index in [4.69, 9.17) is 17.0 Å². The second-order valence-electron chi connectivity index (χ2n) is 5.96. The van der Waals surface area contributed by atoms with Crippen LogP contribution in [0.15, 0.2) is 0 Å². The van der Waals surface area contributed by atoms with E-state index in [1.165, 1.54) is 23.7 Å². The fourth-order valence-corrected chi connectivity index (χ4v) is 6.68. The van der Waals surface area contributed by atoms with Crippen LogP contribution in [-0.4, -0.2) is 8.07 Å². The first-order chi connectivity index (χ1) is 9.23. The van der Waals surface area contributed by atoms with Crippen molar-refractivity contribution in [1.29, 1.82) is 0 Å². The molecule has 0 aromatic carbocycles. The van der Waals surface area contributed by atoms with Gasteiger partial charge in [-0.3, -0.25) is 0 Å². The van der Waals surface area contributed by atoms with Crippen molar-refractivity contribution in [3.8, 4) is 0 Å². The SMILES string of the molecule is C[C]1[CH][C](C)[C]([Si](C)(C)[C]2[CH][C](C)[CH][C]2C)[CH]1.[Cl][Zr][Cl]. The molecule has 0 saturated heterocycles. The van der Waals surface area contributed by atoms with Crippen molar-refractivity contribution in [3.05, 3.63) is 60.4 Å². The quantitative estimate of drug-likeness (QED) is 0.532. The third-order valence-corrected chi connectivity index (χ3v) is 7.60. The summed E-state index contributed by atoms with van der Waals surface area (Å²) in [5.41, 5.74) is 3.20. The summed E-state index contributed by atoms with van der Waals surface area (Å²) in [6.45, 7) is 13.8. The third kappa shape index (κ3) is 4.84. The molecule has 108 valence electrons. The van der Waals surface area contributed by atoms with Gasteiger partial charge in [0.05, 0.1) is 8.07 Å². The molecule has 0 heterocycles. The molecular formula is C16H22Cl2SiZr. The van der Waals surface area contributed by atoms with Crippen LogP contribution in [0.4, 0.5) is 0 Å². The molecule has 20 heavy (non-hydrogen) atoms. The summed E-state index contributed by atoms with van der Waals surface area (Å²) in [5.74, 6) is 5.74. The van der Waals surface area contributed by atoms with Gasteiger partial charge in [0, 0.05) is 0 Å². The Balaban J connectivity index is 0.000000612. The summed E-state index contributed by atoms with van der Waals surface area (Å²) in [4.78, 5) is 0. The monoisotopic (exact) mass is 402 g/mol. The van der Waals surface area contributed by atoms with E-state index in [1.807, 2.05) is 0 Å². The normalized spacial score (nSPS) is 25.0. The van der Waals surface area contributed by atoms with Crippen LogP contribution < -0.4 is 0 Å². The summed E-state index contributed by atoms with van der Waals surface area (Å²) in [5, 5.41) is 0. The van der Waals surface area contributed by atoms with Crippen molar-refractivity contribution in [2.75, 3.05) is 0 Å². The topological polar surface area (TPSA) is 0 Å².